The third kappa shape index (κ3) is 5.53. The van der Waals surface area contributed by atoms with E-state index in [0.717, 1.165) is 11.0 Å². The minimum Gasteiger partial charge on any atom is -0.285 e. The molecule has 0 bridgehead atoms. The molecule has 1 amide bonds. The Balaban J connectivity index is 2.04. The van der Waals surface area contributed by atoms with Crippen LogP contribution in [0.25, 0.3) is 6.08 Å². The van der Waals surface area contributed by atoms with Crippen LogP contribution < -0.4 is 10.1 Å². The highest BCUT2D eigenvalue weighted by molar-refractivity contribution is 7.95. The average molecular weight is 345 g/mol. The molecule has 2 rings (SSSR count). The fourth-order valence-corrected chi connectivity index (χ4v) is 2.76. The first-order valence-corrected chi connectivity index (χ1v) is 8.75. The van der Waals surface area contributed by atoms with Crippen LogP contribution in [-0.2, 0) is 10.0 Å². The molecule has 2 aromatic carbocycles. The molecule has 0 aromatic heterocycles. The fraction of sp³-hybridized carbons (Fsp3) is 0.118. The molecule has 7 heteroatoms. The van der Waals surface area contributed by atoms with Crippen LogP contribution in [0.2, 0.25) is 0 Å². The molecule has 0 spiro atoms. The Hall–Kier alpha value is -2.64. The molecule has 24 heavy (non-hydrogen) atoms. The molecule has 0 saturated heterocycles. The van der Waals surface area contributed by atoms with Crippen molar-refractivity contribution < 1.29 is 13.2 Å². The number of benzene rings is 2. The van der Waals surface area contributed by atoms with Gasteiger partial charge in [0.15, 0.2) is 0 Å². The fourth-order valence-electron chi connectivity index (χ4n) is 1.89. The second-order valence-electron chi connectivity index (χ2n) is 5.27. The van der Waals surface area contributed by atoms with Gasteiger partial charge in [-0.3, -0.25) is 14.9 Å². The number of hydrogen-bond donors (Lipinski definition) is 2. The van der Waals surface area contributed by atoms with Crippen molar-refractivity contribution in [2.75, 3.05) is 18.8 Å². The van der Waals surface area contributed by atoms with Gasteiger partial charge in [0.1, 0.15) is 0 Å². The van der Waals surface area contributed by atoms with Gasteiger partial charge in [0.25, 0.3) is 15.9 Å². The number of nitrogens with one attached hydrogen (secondary N) is 2. The zero-order valence-electron chi connectivity index (χ0n) is 13.4. The van der Waals surface area contributed by atoms with E-state index in [-0.39, 0.29) is 5.91 Å². The minimum absolute atomic E-state index is 0.265. The standard InChI is InChI=1S/C17H19N3O3S/c1-20(2)18-17(21)15-8-10-16(11-9-15)19-24(22,23)13-12-14-6-4-3-5-7-14/h3-13,19H,1-2H3,(H,18,21)/b13-12+. The lowest BCUT2D eigenvalue weighted by atomic mass is 10.2. The van der Waals surface area contributed by atoms with Gasteiger partial charge in [0.2, 0.25) is 0 Å². The van der Waals surface area contributed by atoms with E-state index in [1.54, 1.807) is 38.4 Å². The molecule has 126 valence electrons. The van der Waals surface area contributed by atoms with E-state index in [9.17, 15) is 13.2 Å². The van der Waals surface area contributed by atoms with E-state index in [4.69, 9.17) is 0 Å². The van der Waals surface area contributed by atoms with Crippen LogP contribution in [-0.4, -0.2) is 33.4 Å². The summed E-state index contributed by atoms with van der Waals surface area (Å²) in [6.07, 6.45) is 1.52. The molecule has 0 heterocycles. The van der Waals surface area contributed by atoms with Gasteiger partial charge in [0.05, 0.1) is 5.41 Å². The topological polar surface area (TPSA) is 78.5 Å². The van der Waals surface area contributed by atoms with E-state index in [0.29, 0.717) is 11.3 Å². The number of sulfonamides is 1. The second-order valence-corrected chi connectivity index (χ2v) is 6.84. The Kier molecular flexibility index (Phi) is 5.73. The molecule has 0 unspecified atom stereocenters. The zero-order valence-corrected chi connectivity index (χ0v) is 14.2. The lowest BCUT2D eigenvalue weighted by molar-refractivity contribution is 0.0857. The molecular weight excluding hydrogens is 326 g/mol. The van der Waals surface area contributed by atoms with Crippen LogP contribution in [0, 0.1) is 0 Å². The largest absolute Gasteiger partial charge is 0.285 e. The quantitative estimate of drug-likeness (QED) is 0.788. The molecule has 0 saturated carbocycles. The maximum Gasteiger partial charge on any atom is 0.265 e. The van der Waals surface area contributed by atoms with Gasteiger partial charge < -0.3 is 0 Å². The van der Waals surface area contributed by atoms with Gasteiger partial charge in [0, 0.05) is 25.3 Å². The Labute approximate surface area is 141 Å². The number of carbonyl (C=O) groups excluding carboxylic acids is 1. The number of carbonyl (C=O) groups is 1. The third-order valence-electron chi connectivity index (χ3n) is 2.97. The molecular formula is C17H19N3O3S. The van der Waals surface area contributed by atoms with Crippen LogP contribution in [0.3, 0.4) is 0 Å². The summed E-state index contributed by atoms with van der Waals surface area (Å²) in [6.45, 7) is 0. The van der Waals surface area contributed by atoms with Gasteiger partial charge in [-0.2, -0.15) is 0 Å². The molecule has 6 nitrogen and oxygen atoms in total. The van der Waals surface area contributed by atoms with E-state index in [1.807, 2.05) is 30.3 Å². The highest BCUT2D eigenvalue weighted by Crippen LogP contribution is 2.13. The van der Waals surface area contributed by atoms with Crippen LogP contribution >= 0.6 is 0 Å². The van der Waals surface area contributed by atoms with Crippen molar-refractivity contribution in [1.29, 1.82) is 0 Å². The van der Waals surface area contributed by atoms with Crippen molar-refractivity contribution in [3.8, 4) is 0 Å². The summed E-state index contributed by atoms with van der Waals surface area (Å²) in [6, 6.07) is 15.3. The minimum atomic E-state index is -3.62. The Morgan fingerprint density at radius 2 is 1.62 bits per heavy atom. The van der Waals surface area contributed by atoms with Crippen molar-refractivity contribution >= 4 is 27.7 Å². The van der Waals surface area contributed by atoms with Gasteiger partial charge in [-0.1, -0.05) is 30.3 Å². The van der Waals surface area contributed by atoms with Crippen molar-refractivity contribution in [1.82, 2.24) is 10.4 Å². The lowest BCUT2D eigenvalue weighted by Gasteiger charge is -2.12. The number of rotatable bonds is 6. The van der Waals surface area contributed by atoms with Crippen LogP contribution in [0.5, 0.6) is 0 Å². The predicted octanol–water partition coefficient (Wildman–Crippen LogP) is 2.31. The summed E-state index contributed by atoms with van der Waals surface area (Å²) in [5.41, 5.74) is 4.22. The van der Waals surface area contributed by atoms with Crippen molar-refractivity contribution in [3.05, 3.63) is 71.1 Å². The maximum absolute atomic E-state index is 12.1. The average Bonchev–Trinajstić information content (AvgIpc) is 2.54. The first kappa shape index (κ1) is 17.7. The second kappa shape index (κ2) is 7.76. The number of amides is 1. The highest BCUT2D eigenvalue weighted by Gasteiger charge is 2.08. The summed E-state index contributed by atoms with van der Waals surface area (Å²) in [4.78, 5) is 11.8. The summed E-state index contributed by atoms with van der Waals surface area (Å²) < 4.78 is 26.5. The van der Waals surface area contributed by atoms with Gasteiger partial charge >= 0.3 is 0 Å². The summed E-state index contributed by atoms with van der Waals surface area (Å²) in [5.74, 6) is -0.265. The van der Waals surface area contributed by atoms with Crippen LogP contribution in [0.4, 0.5) is 5.69 Å². The summed E-state index contributed by atoms with van der Waals surface area (Å²) in [5, 5.41) is 2.64. The van der Waals surface area contributed by atoms with E-state index in [2.05, 4.69) is 10.1 Å². The maximum atomic E-state index is 12.1. The van der Waals surface area contributed by atoms with Crippen molar-refractivity contribution in [2.45, 2.75) is 0 Å². The molecule has 2 aromatic rings. The van der Waals surface area contributed by atoms with Gasteiger partial charge in [-0.05, 0) is 35.9 Å². The van der Waals surface area contributed by atoms with Crippen LogP contribution in [0.1, 0.15) is 15.9 Å². The molecule has 0 radical (unpaired) electrons. The van der Waals surface area contributed by atoms with Gasteiger partial charge in [-0.15, -0.1) is 0 Å². The van der Waals surface area contributed by atoms with Crippen LogP contribution in [0.15, 0.2) is 60.0 Å². The molecule has 0 fully saturated rings. The predicted molar refractivity (Wildman–Crippen MR) is 95.6 cm³/mol. The van der Waals surface area contributed by atoms with Gasteiger partial charge in [-0.25, -0.2) is 13.4 Å². The monoisotopic (exact) mass is 345 g/mol. The molecule has 0 aliphatic heterocycles. The van der Waals surface area contributed by atoms with E-state index in [1.165, 1.54) is 11.1 Å². The smallest absolute Gasteiger partial charge is 0.265 e. The SMILES string of the molecule is CN(C)NC(=O)c1ccc(NS(=O)(=O)/C=C/c2ccccc2)cc1. The van der Waals surface area contributed by atoms with Crippen molar-refractivity contribution in [3.63, 3.8) is 0 Å². The van der Waals surface area contributed by atoms with Crippen molar-refractivity contribution in [2.24, 2.45) is 0 Å². The Morgan fingerprint density at radius 3 is 2.21 bits per heavy atom. The first-order chi connectivity index (χ1) is 11.4. The number of anilines is 1. The normalized spacial score (nSPS) is 11.6. The molecule has 2 N–H and O–H groups in total. The molecule has 0 aliphatic rings. The Bertz CT molecular complexity index is 814. The number of hydrazine groups is 1. The third-order valence-corrected chi connectivity index (χ3v) is 3.99. The summed E-state index contributed by atoms with van der Waals surface area (Å²) in [7, 11) is -0.209. The van der Waals surface area contributed by atoms with E-state index >= 15 is 0 Å². The number of hydrogen-bond acceptors (Lipinski definition) is 4. The highest BCUT2D eigenvalue weighted by atomic mass is 32.2. The lowest BCUT2D eigenvalue weighted by Crippen LogP contribution is -2.36. The summed E-state index contributed by atoms with van der Waals surface area (Å²) >= 11 is 0. The first-order valence-electron chi connectivity index (χ1n) is 7.20. The number of nitrogens with zero attached hydrogens (tertiary/aromatic N) is 1. The molecule has 0 atom stereocenters. The molecule has 0 aliphatic carbocycles. The Morgan fingerprint density at radius 1 is 1.00 bits per heavy atom. The zero-order chi connectivity index (χ0) is 17.6. The van der Waals surface area contributed by atoms with E-state index < -0.39 is 10.0 Å².